The molecule has 130 valence electrons. The van der Waals surface area contributed by atoms with E-state index in [0.29, 0.717) is 0 Å². The van der Waals surface area contributed by atoms with Crippen LogP contribution in [-0.4, -0.2) is 35.3 Å². The monoisotopic (exact) mass is 348 g/mol. The third-order valence-corrected chi connectivity index (χ3v) is 4.24. The number of epoxide rings is 1. The van der Waals surface area contributed by atoms with E-state index in [2.05, 4.69) is 0 Å². The summed E-state index contributed by atoms with van der Waals surface area (Å²) in [4.78, 5) is 26.4. The first-order chi connectivity index (χ1) is 12.5. The van der Waals surface area contributed by atoms with Crippen molar-refractivity contribution in [3.05, 3.63) is 71.8 Å². The van der Waals surface area contributed by atoms with Crippen molar-refractivity contribution in [3.63, 3.8) is 0 Å². The lowest BCUT2D eigenvalue weighted by molar-refractivity contribution is 0.0752. The van der Waals surface area contributed by atoms with Gasteiger partial charge in [0.25, 0.3) is 5.60 Å². The maximum Gasteiger partial charge on any atom is 0.275 e. The summed E-state index contributed by atoms with van der Waals surface area (Å²) in [6.07, 6.45) is 0. The number of benzene rings is 2. The van der Waals surface area contributed by atoms with Gasteiger partial charge in [-0.05, 0) is 6.92 Å². The van der Waals surface area contributed by atoms with Crippen molar-refractivity contribution in [2.75, 3.05) is 6.61 Å². The first-order valence-electron chi connectivity index (χ1n) is 8.06. The molecule has 0 bridgehead atoms. The molecule has 1 fully saturated rings. The standard InChI is InChI=1S/C20H16N2O4/c1-2-25-18(22)19(13-21)20(26-19,16(23)14-9-5-3-6-10-14)17(24)15-11-7-4-8-12-15/h3-12,22H,2H2,1H3. The fourth-order valence-electron chi connectivity index (χ4n) is 2.91. The van der Waals surface area contributed by atoms with Gasteiger partial charge in [0.15, 0.2) is 0 Å². The van der Waals surface area contributed by atoms with E-state index in [4.69, 9.17) is 14.9 Å². The summed E-state index contributed by atoms with van der Waals surface area (Å²) in [6, 6.07) is 18.0. The van der Waals surface area contributed by atoms with Gasteiger partial charge in [-0.15, -0.1) is 0 Å². The van der Waals surface area contributed by atoms with E-state index in [1.807, 2.05) is 6.07 Å². The summed E-state index contributed by atoms with van der Waals surface area (Å²) in [7, 11) is 0. The number of carbonyl (C=O) groups is 2. The molecule has 6 nitrogen and oxygen atoms in total. The summed E-state index contributed by atoms with van der Waals surface area (Å²) in [5.41, 5.74) is -3.75. The van der Waals surface area contributed by atoms with Crippen LogP contribution in [0, 0.1) is 16.7 Å². The zero-order valence-electron chi connectivity index (χ0n) is 14.1. The molecule has 1 saturated heterocycles. The van der Waals surface area contributed by atoms with Crippen LogP contribution < -0.4 is 0 Å². The lowest BCUT2D eigenvalue weighted by Gasteiger charge is -2.15. The molecule has 1 N–H and O–H groups in total. The quantitative estimate of drug-likeness (QED) is 0.284. The van der Waals surface area contributed by atoms with Crippen molar-refractivity contribution in [3.8, 4) is 6.07 Å². The Balaban J connectivity index is 2.13. The van der Waals surface area contributed by atoms with Gasteiger partial charge in [-0.3, -0.25) is 15.0 Å². The number of hydrogen-bond donors (Lipinski definition) is 1. The fourth-order valence-corrected chi connectivity index (χ4v) is 2.91. The topological polar surface area (TPSA) is 104 Å². The van der Waals surface area contributed by atoms with Gasteiger partial charge >= 0.3 is 0 Å². The summed E-state index contributed by atoms with van der Waals surface area (Å²) in [5, 5.41) is 17.7. The van der Waals surface area contributed by atoms with Gasteiger partial charge in [-0.2, -0.15) is 5.26 Å². The fraction of sp³-hybridized carbons (Fsp3) is 0.200. The predicted molar refractivity (Wildman–Crippen MR) is 93.1 cm³/mol. The number of nitrogens with zero attached hydrogens (tertiary/aromatic N) is 1. The van der Waals surface area contributed by atoms with E-state index in [-0.39, 0.29) is 17.7 Å². The van der Waals surface area contributed by atoms with E-state index >= 15 is 0 Å². The molecule has 1 aliphatic rings. The van der Waals surface area contributed by atoms with Gasteiger partial charge in [0.05, 0.1) is 6.61 Å². The summed E-state index contributed by atoms with van der Waals surface area (Å²) in [6.45, 7) is 1.75. The van der Waals surface area contributed by atoms with Gasteiger partial charge in [-0.1, -0.05) is 60.7 Å². The van der Waals surface area contributed by atoms with Crippen LogP contribution in [0.25, 0.3) is 0 Å². The number of nitrogens with one attached hydrogen (secondary N) is 1. The van der Waals surface area contributed by atoms with Crippen LogP contribution in [0.1, 0.15) is 27.6 Å². The third kappa shape index (κ3) is 2.41. The highest BCUT2D eigenvalue weighted by atomic mass is 16.7. The molecule has 0 aromatic heterocycles. The Kier molecular flexibility index (Phi) is 4.41. The number of rotatable bonds is 6. The first kappa shape index (κ1) is 17.5. The highest BCUT2D eigenvalue weighted by Crippen LogP contribution is 2.52. The van der Waals surface area contributed by atoms with E-state index in [9.17, 15) is 14.9 Å². The Morgan fingerprint density at radius 2 is 1.50 bits per heavy atom. The zero-order valence-corrected chi connectivity index (χ0v) is 14.1. The second-order valence-corrected chi connectivity index (χ2v) is 5.73. The van der Waals surface area contributed by atoms with Gasteiger partial charge in [0, 0.05) is 11.1 Å². The van der Waals surface area contributed by atoms with Crippen LogP contribution in [0.4, 0.5) is 0 Å². The largest absolute Gasteiger partial charge is 0.478 e. The highest BCUT2D eigenvalue weighted by Gasteiger charge is 2.83. The number of ether oxygens (including phenoxy) is 2. The SMILES string of the molecule is CCOC(=N)C1(C#N)OC1(C(=O)c1ccccc1)C(=O)c1ccccc1. The van der Waals surface area contributed by atoms with E-state index in [1.54, 1.807) is 43.3 Å². The van der Waals surface area contributed by atoms with Crippen LogP contribution in [0.5, 0.6) is 0 Å². The maximum atomic E-state index is 13.2. The maximum absolute atomic E-state index is 13.2. The van der Waals surface area contributed by atoms with Crippen molar-refractivity contribution in [2.45, 2.75) is 18.1 Å². The predicted octanol–water partition coefficient (Wildman–Crippen LogP) is 2.80. The summed E-state index contributed by atoms with van der Waals surface area (Å²) < 4.78 is 10.6. The van der Waals surface area contributed by atoms with Gasteiger partial charge in [-0.25, -0.2) is 0 Å². The molecule has 2 aromatic carbocycles. The molecule has 0 spiro atoms. The first-order valence-corrected chi connectivity index (χ1v) is 8.06. The Hall–Kier alpha value is -3.30. The van der Waals surface area contributed by atoms with Gasteiger partial charge in [0.1, 0.15) is 6.07 Å². The minimum Gasteiger partial charge on any atom is -0.478 e. The Morgan fingerprint density at radius 3 is 1.88 bits per heavy atom. The molecule has 1 aliphatic heterocycles. The molecule has 0 radical (unpaired) electrons. The second kappa shape index (κ2) is 6.54. The van der Waals surface area contributed by atoms with Crippen LogP contribution in [-0.2, 0) is 9.47 Å². The average molecular weight is 348 g/mol. The highest BCUT2D eigenvalue weighted by molar-refractivity contribution is 6.30. The minimum atomic E-state index is -2.13. The number of Topliss-reactive ketones (excluding diaryl/α,β-unsaturated/α-hetero) is 2. The minimum absolute atomic E-state index is 0.112. The molecule has 0 saturated carbocycles. The van der Waals surface area contributed by atoms with Crippen LogP contribution in [0.2, 0.25) is 0 Å². The zero-order chi connectivity index (χ0) is 18.8. The molecule has 26 heavy (non-hydrogen) atoms. The number of nitriles is 1. The van der Waals surface area contributed by atoms with Crippen molar-refractivity contribution in [1.82, 2.24) is 0 Å². The molecule has 1 unspecified atom stereocenters. The average Bonchev–Trinajstić information content (AvgIpc) is 3.40. The Morgan fingerprint density at radius 1 is 1.04 bits per heavy atom. The Bertz CT molecular complexity index is 851. The van der Waals surface area contributed by atoms with Crippen molar-refractivity contribution < 1.29 is 19.1 Å². The molecule has 0 amide bonds. The molecular formula is C20H16N2O4. The van der Waals surface area contributed by atoms with Crippen LogP contribution in [0.3, 0.4) is 0 Å². The molecule has 2 aromatic rings. The Labute approximate surface area is 150 Å². The lowest BCUT2D eigenvalue weighted by Crippen LogP contribution is -2.45. The summed E-state index contributed by atoms with van der Waals surface area (Å²) >= 11 is 0. The van der Waals surface area contributed by atoms with E-state index < -0.39 is 28.7 Å². The number of hydrogen-bond acceptors (Lipinski definition) is 6. The molecule has 1 atom stereocenters. The number of ketones is 2. The van der Waals surface area contributed by atoms with Crippen molar-refractivity contribution in [1.29, 1.82) is 10.7 Å². The van der Waals surface area contributed by atoms with Crippen molar-refractivity contribution >= 4 is 17.5 Å². The molecular weight excluding hydrogens is 332 g/mol. The molecule has 0 aliphatic carbocycles. The normalized spacial score (nSPS) is 19.8. The van der Waals surface area contributed by atoms with Gasteiger partial charge in [0.2, 0.25) is 23.1 Å². The summed E-state index contributed by atoms with van der Waals surface area (Å²) in [5.74, 6) is -1.88. The van der Waals surface area contributed by atoms with Crippen LogP contribution in [0.15, 0.2) is 60.7 Å². The third-order valence-electron chi connectivity index (χ3n) is 4.24. The molecule has 6 heteroatoms. The lowest BCUT2D eigenvalue weighted by atomic mass is 9.80. The molecule has 3 rings (SSSR count). The molecule has 1 heterocycles. The smallest absolute Gasteiger partial charge is 0.275 e. The van der Waals surface area contributed by atoms with E-state index in [1.165, 1.54) is 24.3 Å². The second-order valence-electron chi connectivity index (χ2n) is 5.73. The van der Waals surface area contributed by atoms with E-state index in [0.717, 1.165) is 0 Å². The van der Waals surface area contributed by atoms with Crippen LogP contribution >= 0.6 is 0 Å². The number of carbonyl (C=O) groups excluding carboxylic acids is 2. The van der Waals surface area contributed by atoms with Gasteiger partial charge < -0.3 is 9.47 Å². The van der Waals surface area contributed by atoms with Crippen molar-refractivity contribution in [2.24, 2.45) is 0 Å².